The van der Waals surface area contributed by atoms with Crippen LogP contribution in [-0.4, -0.2) is 18.0 Å². The Bertz CT molecular complexity index is 173. The Morgan fingerprint density at radius 3 is 2.75 bits per heavy atom. The predicted octanol–water partition coefficient (Wildman–Crippen LogP) is 2.17. The molecular weight excluding hydrogens is 152 g/mol. The molecule has 0 saturated carbocycles. The Labute approximate surface area is 74.3 Å². The maximum Gasteiger partial charge on any atom is 0.135 e. The fraction of sp³-hybridized carbons (Fsp3) is 0.900. The fourth-order valence-electron chi connectivity index (χ4n) is 1.80. The molecule has 0 aliphatic carbocycles. The van der Waals surface area contributed by atoms with Gasteiger partial charge in [0.1, 0.15) is 5.78 Å². The van der Waals surface area contributed by atoms with Crippen LogP contribution in [0.2, 0.25) is 0 Å². The average molecular weight is 170 g/mol. The third-order valence-electron chi connectivity index (χ3n) is 2.50. The average Bonchev–Trinajstić information content (AvgIpc) is 2.01. The van der Waals surface area contributed by atoms with E-state index >= 15 is 0 Å². The molecule has 1 aliphatic heterocycles. The summed E-state index contributed by atoms with van der Waals surface area (Å²) in [7, 11) is 0. The number of carbonyl (C=O) groups is 1. The lowest BCUT2D eigenvalue weighted by Crippen LogP contribution is -2.36. The van der Waals surface area contributed by atoms with Crippen LogP contribution in [0.25, 0.3) is 0 Å². The van der Waals surface area contributed by atoms with Crippen LogP contribution in [0, 0.1) is 5.92 Å². The van der Waals surface area contributed by atoms with Crippen molar-refractivity contribution in [2.45, 2.75) is 45.6 Å². The van der Waals surface area contributed by atoms with Crippen molar-refractivity contribution in [1.82, 2.24) is 0 Å². The second kappa shape index (κ2) is 3.56. The van der Waals surface area contributed by atoms with Crippen molar-refractivity contribution in [3.63, 3.8) is 0 Å². The van der Waals surface area contributed by atoms with E-state index in [2.05, 4.69) is 13.8 Å². The molecule has 0 N–H and O–H groups in total. The maximum atomic E-state index is 11.4. The van der Waals surface area contributed by atoms with Gasteiger partial charge >= 0.3 is 0 Å². The molecule has 1 fully saturated rings. The summed E-state index contributed by atoms with van der Waals surface area (Å²) in [5, 5.41) is 0. The number of carbonyl (C=O) groups excluding carboxylic acids is 1. The van der Waals surface area contributed by atoms with Gasteiger partial charge in [-0.2, -0.15) is 0 Å². The van der Waals surface area contributed by atoms with Crippen molar-refractivity contribution >= 4 is 5.78 Å². The molecule has 1 unspecified atom stereocenters. The van der Waals surface area contributed by atoms with E-state index in [1.54, 1.807) is 0 Å². The molecule has 2 heteroatoms. The largest absolute Gasteiger partial charge is 0.376 e. The monoisotopic (exact) mass is 170 g/mol. The van der Waals surface area contributed by atoms with Gasteiger partial charge in [0.25, 0.3) is 0 Å². The SMILES string of the molecule is CCC(=O)C1CCOC(C)(C)C1. The van der Waals surface area contributed by atoms with Gasteiger partial charge in [-0.15, -0.1) is 0 Å². The highest BCUT2D eigenvalue weighted by atomic mass is 16.5. The predicted molar refractivity (Wildman–Crippen MR) is 48.1 cm³/mol. The molecule has 1 aliphatic rings. The quantitative estimate of drug-likeness (QED) is 0.635. The van der Waals surface area contributed by atoms with Gasteiger partial charge in [0.05, 0.1) is 5.60 Å². The number of hydrogen-bond donors (Lipinski definition) is 0. The van der Waals surface area contributed by atoms with Gasteiger partial charge in [-0.1, -0.05) is 6.92 Å². The molecule has 12 heavy (non-hydrogen) atoms. The Morgan fingerprint density at radius 1 is 1.58 bits per heavy atom. The molecule has 0 bridgehead atoms. The van der Waals surface area contributed by atoms with E-state index in [0.29, 0.717) is 12.2 Å². The number of ketones is 1. The minimum Gasteiger partial charge on any atom is -0.376 e. The van der Waals surface area contributed by atoms with Gasteiger partial charge in [-0.3, -0.25) is 4.79 Å². The zero-order valence-corrected chi connectivity index (χ0v) is 8.22. The van der Waals surface area contributed by atoms with Crippen LogP contribution in [0.5, 0.6) is 0 Å². The first kappa shape index (κ1) is 9.72. The van der Waals surface area contributed by atoms with Crippen LogP contribution in [0.1, 0.15) is 40.0 Å². The molecule has 0 aromatic rings. The Hall–Kier alpha value is -0.370. The van der Waals surface area contributed by atoms with E-state index in [1.807, 2.05) is 6.92 Å². The lowest BCUT2D eigenvalue weighted by atomic mass is 9.85. The molecule has 2 nitrogen and oxygen atoms in total. The van der Waals surface area contributed by atoms with Crippen LogP contribution >= 0.6 is 0 Å². The van der Waals surface area contributed by atoms with Crippen LogP contribution in [0.15, 0.2) is 0 Å². The fourth-order valence-corrected chi connectivity index (χ4v) is 1.80. The Kier molecular flexibility index (Phi) is 2.89. The normalized spacial score (nSPS) is 28.4. The minimum atomic E-state index is -0.0895. The van der Waals surface area contributed by atoms with Gasteiger partial charge in [-0.05, 0) is 26.7 Å². The van der Waals surface area contributed by atoms with Crippen molar-refractivity contribution in [2.75, 3.05) is 6.61 Å². The van der Waals surface area contributed by atoms with E-state index in [-0.39, 0.29) is 11.5 Å². The molecule has 0 aromatic heterocycles. The highest BCUT2D eigenvalue weighted by Crippen LogP contribution is 2.29. The zero-order chi connectivity index (χ0) is 9.19. The molecule has 70 valence electrons. The lowest BCUT2D eigenvalue weighted by molar-refractivity contribution is -0.132. The number of hydrogen-bond acceptors (Lipinski definition) is 2. The highest BCUT2D eigenvalue weighted by Gasteiger charge is 2.31. The second-order valence-electron chi connectivity index (χ2n) is 4.12. The van der Waals surface area contributed by atoms with Gasteiger partial charge < -0.3 is 4.74 Å². The van der Waals surface area contributed by atoms with Gasteiger partial charge in [0.2, 0.25) is 0 Å². The first-order valence-corrected chi connectivity index (χ1v) is 4.72. The molecule has 1 heterocycles. The van der Waals surface area contributed by atoms with Crippen molar-refractivity contribution < 1.29 is 9.53 Å². The van der Waals surface area contributed by atoms with Gasteiger partial charge in [-0.25, -0.2) is 0 Å². The second-order valence-corrected chi connectivity index (χ2v) is 4.12. The summed E-state index contributed by atoms with van der Waals surface area (Å²) < 4.78 is 5.54. The minimum absolute atomic E-state index is 0.0895. The van der Waals surface area contributed by atoms with Crippen molar-refractivity contribution in [1.29, 1.82) is 0 Å². The van der Waals surface area contributed by atoms with Crippen molar-refractivity contribution in [3.8, 4) is 0 Å². The molecule has 0 amide bonds. The topological polar surface area (TPSA) is 26.3 Å². The Morgan fingerprint density at radius 2 is 2.25 bits per heavy atom. The van der Waals surface area contributed by atoms with Crippen LogP contribution < -0.4 is 0 Å². The first-order valence-electron chi connectivity index (χ1n) is 4.72. The first-order chi connectivity index (χ1) is 5.55. The van der Waals surface area contributed by atoms with Gasteiger partial charge in [0.15, 0.2) is 0 Å². The van der Waals surface area contributed by atoms with Crippen LogP contribution in [-0.2, 0) is 9.53 Å². The maximum absolute atomic E-state index is 11.4. The summed E-state index contributed by atoms with van der Waals surface area (Å²) in [6.07, 6.45) is 2.47. The number of Topliss-reactive ketones (excluding diaryl/α,β-unsaturated/α-hetero) is 1. The van der Waals surface area contributed by atoms with E-state index in [1.165, 1.54) is 0 Å². The third-order valence-corrected chi connectivity index (χ3v) is 2.50. The van der Waals surface area contributed by atoms with E-state index in [9.17, 15) is 4.79 Å². The summed E-state index contributed by atoms with van der Waals surface area (Å²) in [5.41, 5.74) is -0.0895. The van der Waals surface area contributed by atoms with E-state index in [4.69, 9.17) is 4.74 Å². The summed E-state index contributed by atoms with van der Waals surface area (Å²) in [6, 6.07) is 0. The molecule has 1 rings (SSSR count). The Balaban J connectivity index is 2.52. The molecule has 1 atom stereocenters. The third kappa shape index (κ3) is 2.31. The van der Waals surface area contributed by atoms with Crippen molar-refractivity contribution in [3.05, 3.63) is 0 Å². The molecule has 0 radical (unpaired) electrons. The highest BCUT2D eigenvalue weighted by molar-refractivity contribution is 5.80. The number of ether oxygens (including phenoxy) is 1. The summed E-state index contributed by atoms with van der Waals surface area (Å²) in [4.78, 5) is 11.4. The van der Waals surface area contributed by atoms with Crippen LogP contribution in [0.4, 0.5) is 0 Å². The smallest absolute Gasteiger partial charge is 0.135 e. The van der Waals surface area contributed by atoms with E-state index < -0.39 is 0 Å². The van der Waals surface area contributed by atoms with Crippen LogP contribution in [0.3, 0.4) is 0 Å². The van der Waals surface area contributed by atoms with Crippen molar-refractivity contribution in [2.24, 2.45) is 5.92 Å². The standard InChI is InChI=1S/C10H18O2/c1-4-9(11)8-5-6-12-10(2,3)7-8/h8H,4-7H2,1-3H3. The van der Waals surface area contributed by atoms with E-state index in [0.717, 1.165) is 19.4 Å². The molecular formula is C10H18O2. The summed E-state index contributed by atoms with van der Waals surface area (Å²) in [6.45, 7) is 6.79. The lowest BCUT2D eigenvalue weighted by Gasteiger charge is -2.34. The molecule has 0 spiro atoms. The van der Waals surface area contributed by atoms with Gasteiger partial charge in [0, 0.05) is 18.9 Å². The molecule has 0 aromatic carbocycles. The number of rotatable bonds is 2. The summed E-state index contributed by atoms with van der Waals surface area (Å²) >= 11 is 0. The summed E-state index contributed by atoms with van der Waals surface area (Å²) in [5.74, 6) is 0.644. The molecule has 1 saturated heterocycles. The zero-order valence-electron chi connectivity index (χ0n) is 8.22.